The van der Waals surface area contributed by atoms with Gasteiger partial charge >= 0.3 is 0 Å². The zero-order valence-electron chi connectivity index (χ0n) is 17.3. The summed E-state index contributed by atoms with van der Waals surface area (Å²) in [6, 6.07) is 24.3. The number of hydrogen-bond donors (Lipinski definition) is 2. The number of rotatable bonds is 12. The Hall–Kier alpha value is -3.93. The second-order valence-electron chi connectivity index (χ2n) is 6.56. The van der Waals surface area contributed by atoms with Gasteiger partial charge in [0.1, 0.15) is 37.1 Å². The lowest BCUT2D eigenvalue weighted by Crippen LogP contribution is -2.21. The highest BCUT2D eigenvalue weighted by Gasteiger charge is 2.04. The third-order valence-electron chi connectivity index (χ3n) is 4.16. The van der Waals surface area contributed by atoms with Crippen LogP contribution in [0, 0.1) is 0 Å². The van der Waals surface area contributed by atoms with Gasteiger partial charge in [0.05, 0.1) is 6.54 Å². The standard InChI is InChI=1S/C25H26N2O4/c1-2-15-29-24-10-6-7-21(18-24)26-19-25(28)27-20-11-13-23(14-12-20)31-17-16-30-22-8-4-3-5-9-22/h2-14,18,26H,1,15-17,19H2,(H,27,28). The van der Waals surface area contributed by atoms with E-state index in [2.05, 4.69) is 17.2 Å². The van der Waals surface area contributed by atoms with Gasteiger partial charge in [-0.15, -0.1) is 0 Å². The smallest absolute Gasteiger partial charge is 0.243 e. The zero-order chi connectivity index (χ0) is 21.7. The van der Waals surface area contributed by atoms with E-state index in [9.17, 15) is 4.79 Å². The molecule has 0 aromatic heterocycles. The molecule has 0 saturated heterocycles. The Balaban J connectivity index is 1.38. The predicted octanol–water partition coefficient (Wildman–Crippen LogP) is 4.76. The Morgan fingerprint density at radius 3 is 2.16 bits per heavy atom. The number of ether oxygens (including phenoxy) is 3. The van der Waals surface area contributed by atoms with Crippen molar-refractivity contribution in [3.05, 3.63) is 91.5 Å². The van der Waals surface area contributed by atoms with Crippen LogP contribution in [-0.4, -0.2) is 32.3 Å². The number of anilines is 2. The molecule has 1 amide bonds. The highest BCUT2D eigenvalue weighted by Crippen LogP contribution is 2.18. The van der Waals surface area contributed by atoms with Crippen LogP contribution in [0.1, 0.15) is 0 Å². The van der Waals surface area contributed by atoms with E-state index in [-0.39, 0.29) is 12.5 Å². The lowest BCUT2D eigenvalue weighted by Gasteiger charge is -2.11. The Kier molecular flexibility index (Phi) is 8.37. The average Bonchev–Trinajstić information content (AvgIpc) is 2.81. The average molecular weight is 418 g/mol. The maximum absolute atomic E-state index is 12.2. The molecule has 0 radical (unpaired) electrons. The summed E-state index contributed by atoms with van der Waals surface area (Å²) in [5.41, 5.74) is 1.50. The third-order valence-corrected chi connectivity index (χ3v) is 4.16. The SMILES string of the molecule is C=CCOc1cccc(NCC(=O)Nc2ccc(OCCOc3ccccc3)cc2)c1. The molecule has 160 valence electrons. The van der Waals surface area contributed by atoms with Crippen molar-refractivity contribution in [3.63, 3.8) is 0 Å². The maximum atomic E-state index is 12.2. The van der Waals surface area contributed by atoms with Gasteiger partial charge in [-0.05, 0) is 48.5 Å². The number of hydrogen-bond acceptors (Lipinski definition) is 5. The molecule has 0 spiro atoms. The summed E-state index contributed by atoms with van der Waals surface area (Å²) >= 11 is 0. The molecule has 0 atom stereocenters. The summed E-state index contributed by atoms with van der Waals surface area (Å²) in [6.45, 7) is 5.08. The third kappa shape index (κ3) is 7.78. The van der Waals surface area contributed by atoms with Crippen LogP contribution in [0.2, 0.25) is 0 Å². The molecule has 0 aliphatic carbocycles. The van der Waals surface area contributed by atoms with Crippen LogP contribution >= 0.6 is 0 Å². The van der Waals surface area contributed by atoms with E-state index in [0.717, 1.165) is 17.2 Å². The lowest BCUT2D eigenvalue weighted by atomic mass is 10.3. The van der Waals surface area contributed by atoms with Crippen LogP contribution in [-0.2, 0) is 4.79 Å². The van der Waals surface area contributed by atoms with Crippen LogP contribution in [0.3, 0.4) is 0 Å². The molecule has 0 saturated carbocycles. The zero-order valence-corrected chi connectivity index (χ0v) is 17.3. The summed E-state index contributed by atoms with van der Waals surface area (Å²) < 4.78 is 16.7. The normalized spacial score (nSPS) is 10.1. The van der Waals surface area contributed by atoms with Gasteiger partial charge in [-0.1, -0.05) is 36.9 Å². The minimum atomic E-state index is -0.151. The second-order valence-corrected chi connectivity index (χ2v) is 6.56. The van der Waals surface area contributed by atoms with Crippen molar-refractivity contribution in [1.29, 1.82) is 0 Å². The van der Waals surface area contributed by atoms with Gasteiger partial charge in [-0.2, -0.15) is 0 Å². The molecule has 3 aromatic carbocycles. The number of nitrogens with one attached hydrogen (secondary N) is 2. The Bertz CT molecular complexity index is 959. The predicted molar refractivity (Wildman–Crippen MR) is 123 cm³/mol. The Morgan fingerprint density at radius 1 is 0.774 bits per heavy atom. The van der Waals surface area contributed by atoms with Gasteiger partial charge in [0.15, 0.2) is 0 Å². The van der Waals surface area contributed by atoms with Crippen molar-refractivity contribution in [2.45, 2.75) is 0 Å². The Morgan fingerprint density at radius 2 is 1.45 bits per heavy atom. The second kappa shape index (κ2) is 11.9. The summed E-state index contributed by atoms with van der Waals surface area (Å²) in [7, 11) is 0. The first kappa shape index (κ1) is 21.8. The molecule has 2 N–H and O–H groups in total. The number of para-hydroxylation sites is 1. The van der Waals surface area contributed by atoms with E-state index in [1.807, 2.05) is 66.7 Å². The molecule has 3 aromatic rings. The van der Waals surface area contributed by atoms with Gasteiger partial charge in [-0.25, -0.2) is 0 Å². The number of carbonyl (C=O) groups excluding carboxylic acids is 1. The van der Waals surface area contributed by atoms with E-state index >= 15 is 0 Å². The van der Waals surface area contributed by atoms with Gasteiger partial charge in [0.2, 0.25) is 5.91 Å². The summed E-state index contributed by atoms with van der Waals surface area (Å²) in [6.07, 6.45) is 1.68. The first-order valence-corrected chi connectivity index (χ1v) is 10.0. The Labute approximate surface area is 182 Å². The van der Waals surface area contributed by atoms with Crippen LogP contribution in [0.4, 0.5) is 11.4 Å². The number of carbonyl (C=O) groups is 1. The van der Waals surface area contributed by atoms with Gasteiger partial charge in [0, 0.05) is 17.4 Å². The minimum absolute atomic E-state index is 0.139. The van der Waals surface area contributed by atoms with Crippen molar-refractivity contribution >= 4 is 17.3 Å². The highest BCUT2D eigenvalue weighted by atomic mass is 16.5. The van der Waals surface area contributed by atoms with Crippen LogP contribution in [0.25, 0.3) is 0 Å². The van der Waals surface area contributed by atoms with Crippen LogP contribution < -0.4 is 24.8 Å². The largest absolute Gasteiger partial charge is 0.490 e. The molecule has 0 unspecified atom stereocenters. The topological polar surface area (TPSA) is 68.8 Å². The van der Waals surface area contributed by atoms with Gasteiger partial charge in [-0.3, -0.25) is 4.79 Å². The van der Waals surface area contributed by atoms with Crippen LogP contribution in [0.15, 0.2) is 91.5 Å². The molecule has 0 aliphatic rings. The maximum Gasteiger partial charge on any atom is 0.243 e. The number of amides is 1. The minimum Gasteiger partial charge on any atom is -0.490 e. The molecule has 0 fully saturated rings. The van der Waals surface area contributed by atoms with E-state index in [4.69, 9.17) is 14.2 Å². The van der Waals surface area contributed by atoms with E-state index in [1.54, 1.807) is 18.2 Å². The van der Waals surface area contributed by atoms with Crippen molar-refractivity contribution in [2.24, 2.45) is 0 Å². The summed E-state index contributed by atoms with van der Waals surface area (Å²) in [4.78, 5) is 12.2. The molecule has 0 aliphatic heterocycles. The molecule has 6 nitrogen and oxygen atoms in total. The summed E-state index contributed by atoms with van der Waals surface area (Å²) in [5.74, 6) is 2.09. The lowest BCUT2D eigenvalue weighted by molar-refractivity contribution is -0.114. The van der Waals surface area contributed by atoms with Gasteiger partial charge < -0.3 is 24.8 Å². The number of benzene rings is 3. The quantitative estimate of drug-likeness (QED) is 0.328. The first-order valence-electron chi connectivity index (χ1n) is 10.0. The molecule has 3 rings (SSSR count). The van der Waals surface area contributed by atoms with Crippen molar-refractivity contribution < 1.29 is 19.0 Å². The summed E-state index contributed by atoms with van der Waals surface area (Å²) in [5, 5.41) is 5.94. The van der Waals surface area contributed by atoms with Crippen molar-refractivity contribution in [2.75, 3.05) is 37.0 Å². The molecule has 31 heavy (non-hydrogen) atoms. The molecule has 0 bridgehead atoms. The van der Waals surface area contributed by atoms with E-state index < -0.39 is 0 Å². The molecular formula is C25H26N2O4. The fraction of sp³-hybridized carbons (Fsp3) is 0.160. The van der Waals surface area contributed by atoms with Gasteiger partial charge in [0.25, 0.3) is 0 Å². The van der Waals surface area contributed by atoms with Crippen molar-refractivity contribution in [1.82, 2.24) is 0 Å². The monoisotopic (exact) mass is 418 g/mol. The molecule has 6 heteroatoms. The van der Waals surface area contributed by atoms with Crippen LogP contribution in [0.5, 0.6) is 17.2 Å². The van der Waals surface area contributed by atoms with Crippen molar-refractivity contribution in [3.8, 4) is 17.2 Å². The fourth-order valence-electron chi connectivity index (χ4n) is 2.71. The van der Waals surface area contributed by atoms with E-state index in [1.165, 1.54) is 0 Å². The fourth-order valence-corrected chi connectivity index (χ4v) is 2.71. The first-order chi connectivity index (χ1) is 15.2. The molecular weight excluding hydrogens is 392 g/mol. The highest BCUT2D eigenvalue weighted by molar-refractivity contribution is 5.93. The van der Waals surface area contributed by atoms with E-state index in [0.29, 0.717) is 31.3 Å². The molecule has 0 heterocycles.